The normalized spacial score (nSPS) is 20.6. The quantitative estimate of drug-likeness (QED) is 0.0168. The van der Waals surface area contributed by atoms with Crippen molar-refractivity contribution in [3.05, 3.63) is 251 Å². The molecule has 3 aliphatic heterocycles. The van der Waals surface area contributed by atoms with Gasteiger partial charge < -0.3 is 115 Å². The summed E-state index contributed by atoms with van der Waals surface area (Å²) < 4.78 is 51.3. The maximum absolute atomic E-state index is 12.4. The van der Waals surface area contributed by atoms with Gasteiger partial charge in [0.15, 0.2) is 42.9 Å². The van der Waals surface area contributed by atoms with E-state index >= 15 is 0 Å². The number of anilines is 1. The molecule has 0 radical (unpaired) electrons. The van der Waals surface area contributed by atoms with Gasteiger partial charge in [-0.3, -0.25) is 19.8 Å². The molecule has 3 saturated heterocycles. The number of nitrogens with two attached hydrogens (primary N) is 2. The zero-order valence-corrected chi connectivity index (χ0v) is 78.0. The minimum Gasteiger partial charge on any atom is -0.489 e. The zero-order chi connectivity index (χ0) is 99.0. The van der Waals surface area contributed by atoms with Crippen molar-refractivity contribution >= 4 is 92.1 Å². The predicted octanol–water partition coefficient (Wildman–Crippen LogP) is 11.0. The highest BCUT2D eigenvalue weighted by Crippen LogP contribution is 2.42. The van der Waals surface area contributed by atoms with Crippen molar-refractivity contribution in [1.82, 2.24) is 74.0 Å². The minimum absolute atomic E-state index is 0.0242. The summed E-state index contributed by atoms with van der Waals surface area (Å²) in [6.45, 7) is 5.98. The molecule has 8 heterocycles. The van der Waals surface area contributed by atoms with Crippen molar-refractivity contribution in [1.29, 1.82) is 5.41 Å². The molecule has 139 heavy (non-hydrogen) atoms. The van der Waals surface area contributed by atoms with E-state index in [1.54, 1.807) is 44.4 Å². The van der Waals surface area contributed by atoms with Gasteiger partial charge in [0.05, 0.1) is 45.5 Å². The summed E-state index contributed by atoms with van der Waals surface area (Å²) >= 11 is 12.2. The first-order chi connectivity index (χ1) is 66.9. The number of benzene rings is 8. The fourth-order valence-corrected chi connectivity index (χ4v) is 17.1. The number of halogens is 2. The molecule has 13 aromatic rings. The SMILES string of the molecule is C=C(NC)c1ncn([C@@H]2O[C@H](COC)[C@@H](O)[C@H]2O)n1.CC(=O)Nc1ccc(-c2ccc(Cl)cc2)c(COc2ccc(-c3nc4cc(C(=O)O)ccc4n3C3CCCCC3)cc2)c1.CNC(=O)c1ccc(-c2ccc(Cl)cc2)c(COc2ccc(-c3nc4cc(C(=O)O)ccc4n3C3CCCCC3)cc2)c1.CO[C@H]1O[C@@H](n2cnc(C(=N)N)n2)[C@H](O)[C@@H]1O.CO[C@H]1O[C@@H](n2cnc(C(N)=O)n2)[C@H](O)[C@@H]1O. The minimum atomic E-state index is -1.23. The van der Waals surface area contributed by atoms with Gasteiger partial charge in [-0.15, -0.1) is 15.3 Å². The number of nitrogen functional groups attached to an aromatic ring is 1. The number of nitrogens with zero attached hydrogens (tertiary/aromatic N) is 13. The number of carbonyl (C=O) groups is 5. The maximum Gasteiger partial charge on any atom is 0.335 e. The third kappa shape index (κ3) is 24.0. The molecule has 5 fully saturated rings. The van der Waals surface area contributed by atoms with E-state index in [4.69, 9.17) is 87.9 Å². The van der Waals surface area contributed by atoms with Gasteiger partial charge in [0.2, 0.25) is 17.6 Å². The van der Waals surface area contributed by atoms with E-state index in [-0.39, 0.29) is 53.6 Å². The molecule has 8 aromatic carbocycles. The molecule has 12 atom stereocenters. The Labute approximate surface area is 806 Å². The first-order valence-electron chi connectivity index (χ1n) is 44.5. The molecule has 42 heteroatoms. The van der Waals surface area contributed by atoms with E-state index < -0.39 is 91.8 Å². The van der Waals surface area contributed by atoms with Crippen LogP contribution < -0.4 is 36.9 Å². The second kappa shape index (κ2) is 46.1. The van der Waals surface area contributed by atoms with Crippen molar-refractivity contribution in [3.8, 4) is 56.5 Å². The number of amidine groups is 1. The summed E-state index contributed by atoms with van der Waals surface area (Å²) in [6.07, 6.45) is 3.24. The fourth-order valence-electron chi connectivity index (χ4n) is 16.8. The van der Waals surface area contributed by atoms with Gasteiger partial charge in [-0.1, -0.05) is 105 Å². The number of hydrogen-bond donors (Lipinski definition) is 14. The van der Waals surface area contributed by atoms with E-state index in [2.05, 4.69) is 61.9 Å². The topological polar surface area (TPSA) is 561 Å². The van der Waals surface area contributed by atoms with Gasteiger partial charge in [-0.05, 0) is 193 Å². The number of fused-ring (bicyclic) bond motifs is 2. The van der Waals surface area contributed by atoms with Crippen LogP contribution in [-0.4, -0.2) is 237 Å². The summed E-state index contributed by atoms with van der Waals surface area (Å²) in [6, 6.07) is 53.3. The van der Waals surface area contributed by atoms with E-state index in [1.165, 1.54) is 95.1 Å². The Hall–Kier alpha value is -13.8. The van der Waals surface area contributed by atoms with Crippen molar-refractivity contribution < 1.29 is 103 Å². The molecule has 18 rings (SSSR count). The van der Waals surface area contributed by atoms with Gasteiger partial charge in [0, 0.05) is 86.9 Å². The smallest absolute Gasteiger partial charge is 0.335 e. The van der Waals surface area contributed by atoms with Gasteiger partial charge in [-0.25, -0.2) is 48.6 Å². The Morgan fingerprint density at radius 1 is 0.489 bits per heavy atom. The lowest BCUT2D eigenvalue weighted by molar-refractivity contribution is -0.163. The Morgan fingerprint density at radius 3 is 1.30 bits per heavy atom. The summed E-state index contributed by atoms with van der Waals surface area (Å²) in [5.74, 6) is -0.0198. The van der Waals surface area contributed by atoms with E-state index in [9.17, 15) is 64.8 Å². The number of aliphatic hydroxyl groups is 6. The van der Waals surface area contributed by atoms with Crippen molar-refractivity contribution in [2.45, 2.75) is 170 Å². The van der Waals surface area contributed by atoms with E-state index in [1.807, 2.05) is 140 Å². The Bertz CT molecular complexity index is 6410. The number of rotatable bonds is 27. The van der Waals surface area contributed by atoms with Crippen molar-refractivity contribution in [2.75, 3.05) is 47.3 Å². The number of aromatic carboxylic acids is 2. The summed E-state index contributed by atoms with van der Waals surface area (Å²) in [5.41, 5.74) is 23.4. The number of primary amides is 1. The van der Waals surface area contributed by atoms with Crippen LogP contribution in [0.1, 0.15) is 166 Å². The van der Waals surface area contributed by atoms with E-state index in [0.29, 0.717) is 74.0 Å². The standard InChI is InChI=1S/2C35H32ClN3O4.C11H18N4O4.C8H13N5O4.C8H12N4O5/c1-37-34(40)24-11-17-30(22-7-13-27(36)14-8-22)26(19-24)21-43-29-15-9-23(10-16-29)33-38-31-20-25(35(41)42)12-18-32(31)39(33)28-5-3-2-4-6-28;1-22(40)37-28-14-17-31(23-7-12-27(36)13-8-23)26(19-28)21-43-30-15-9-24(10-16-30)34-38-32-20-25(35(41)42)11-18-33(32)39(34)29-5-3-2-4-6-29;1-6(12-2)10-13-5-15(14-10)11-9(17)8(16)7(19-11)4-18-3;1-16-8-4(15)3(14)7(17-8)13-2-11-6(12-13)5(9)10;1-16-8-4(14)3(13)7(17-8)12-2-10-6(11-12)5(9)15/h7-20,28H,2-6,21H2,1H3,(H,37,40)(H,41,42);7-20,29H,2-6,21H2,1H3,(H,37,40)(H,41,42);5,7-9,11-12,16-17H,1,4H2,2-3H3;2-4,7-8,14-15H,1H3,(H3,9,10);2-4,7-8,13-14H,1H3,(H2,9,15)/t;;7-,8-,9-,11-;2*3-,4+,7-,8+/m..111/s1. The van der Waals surface area contributed by atoms with Crippen molar-refractivity contribution in [2.24, 2.45) is 11.5 Å². The summed E-state index contributed by atoms with van der Waals surface area (Å²) in [4.78, 5) is 79.4. The number of hydrogen-bond acceptors (Lipinski definition) is 29. The van der Waals surface area contributed by atoms with Crippen molar-refractivity contribution in [3.63, 3.8) is 0 Å². The molecule has 0 unspecified atom stereocenters. The third-order valence-corrected chi connectivity index (χ3v) is 24.5. The lowest BCUT2D eigenvalue weighted by atomic mass is 9.95. The second-order valence-electron chi connectivity index (χ2n) is 33.2. The number of carboxylic acid groups (broad SMARTS) is 2. The average Bonchev–Trinajstić information content (AvgIpc) is 1.61. The Kier molecular flexibility index (Phi) is 33.5. The van der Waals surface area contributed by atoms with Gasteiger partial charge in [0.1, 0.15) is 98.1 Å². The maximum atomic E-state index is 12.4. The van der Waals surface area contributed by atoms with Gasteiger partial charge in [-0.2, -0.15) is 0 Å². The van der Waals surface area contributed by atoms with E-state index in [0.717, 1.165) is 97.6 Å². The largest absolute Gasteiger partial charge is 0.489 e. The van der Waals surface area contributed by atoms with Gasteiger partial charge in [0.25, 0.3) is 11.8 Å². The first kappa shape index (κ1) is 101. The number of methoxy groups -OCH3 is 3. The van der Waals surface area contributed by atoms with Crippen LogP contribution in [0.3, 0.4) is 0 Å². The van der Waals surface area contributed by atoms with Crippen LogP contribution in [-0.2, 0) is 46.4 Å². The fraction of sp³-hybridized carbons (Fsp3) is 0.340. The first-order valence-corrected chi connectivity index (χ1v) is 45.3. The number of amides is 3. The number of carboxylic acids is 2. The van der Waals surface area contributed by atoms with Crippen LogP contribution in [0.5, 0.6) is 11.5 Å². The molecule has 0 bridgehead atoms. The monoisotopic (exact) mass is 1940 g/mol. The number of aliphatic hydroxyl groups excluding tert-OH is 6. The highest BCUT2D eigenvalue weighted by atomic mass is 35.5. The third-order valence-electron chi connectivity index (χ3n) is 24.0. The number of aromatic nitrogens is 13. The number of carbonyl (C=O) groups excluding carboxylic acids is 3. The second-order valence-corrected chi connectivity index (χ2v) is 34.1. The highest BCUT2D eigenvalue weighted by Gasteiger charge is 2.47. The molecule has 3 amide bonds. The Morgan fingerprint density at radius 2 is 0.899 bits per heavy atom. The molecule has 0 spiro atoms. The predicted molar refractivity (Wildman–Crippen MR) is 510 cm³/mol. The molecule has 2 saturated carbocycles. The Balaban J connectivity index is 0.000000148. The van der Waals surface area contributed by atoms with Crippen LogP contribution in [0.25, 0.3) is 72.8 Å². The molecule has 730 valence electrons. The lowest BCUT2D eigenvalue weighted by Crippen LogP contribution is -2.33. The lowest BCUT2D eigenvalue weighted by Gasteiger charge is -2.25. The van der Waals surface area contributed by atoms with Gasteiger partial charge >= 0.3 is 11.9 Å². The average molecular weight is 1950 g/mol. The zero-order valence-electron chi connectivity index (χ0n) is 76.5. The van der Waals surface area contributed by atoms with Crippen LogP contribution >= 0.6 is 23.2 Å². The van der Waals surface area contributed by atoms with Crippen LogP contribution in [0.15, 0.2) is 195 Å². The molecular weight excluding hydrogens is 1840 g/mol. The highest BCUT2D eigenvalue weighted by molar-refractivity contribution is 6.31. The number of ether oxygens (including phenoxy) is 8. The molecule has 2 aliphatic carbocycles. The summed E-state index contributed by atoms with van der Waals surface area (Å²) in [5, 5.41) is 106. The molecule has 16 N–H and O–H groups in total. The molecule has 40 nitrogen and oxygen atoms in total. The number of imidazole rings is 2. The van der Waals surface area contributed by atoms with Crippen LogP contribution in [0.2, 0.25) is 10.0 Å². The summed E-state index contributed by atoms with van der Waals surface area (Å²) in [7, 11) is 7.51. The number of nitrogens with one attached hydrogen (secondary N) is 4. The van der Waals surface area contributed by atoms with Crippen LogP contribution in [0, 0.1) is 5.41 Å². The molecule has 5 aromatic heterocycles. The molecule has 5 aliphatic rings. The molecular formula is C97H107Cl2N19O21. The van der Waals surface area contributed by atoms with Crippen LogP contribution in [0.4, 0.5) is 5.69 Å².